The van der Waals surface area contributed by atoms with Gasteiger partial charge in [0.2, 0.25) is 11.6 Å². The van der Waals surface area contributed by atoms with Crippen LogP contribution >= 0.6 is 15.9 Å². The Bertz CT molecular complexity index is 834. The molecule has 1 aromatic carbocycles. The number of esters is 1. The summed E-state index contributed by atoms with van der Waals surface area (Å²) in [4.78, 5) is 24.6. The number of rotatable bonds is 7. The molecule has 6 nitrogen and oxygen atoms in total. The van der Waals surface area contributed by atoms with Gasteiger partial charge in [0.15, 0.2) is 6.20 Å². The lowest BCUT2D eigenvalue weighted by Crippen LogP contribution is -2.37. The summed E-state index contributed by atoms with van der Waals surface area (Å²) >= 11 is 3.27. The average molecular weight is 433 g/mol. The molecule has 0 aliphatic heterocycles. The van der Waals surface area contributed by atoms with Gasteiger partial charge >= 0.3 is 5.97 Å². The summed E-state index contributed by atoms with van der Waals surface area (Å²) in [5.74, 6) is -0.662. The smallest absolute Gasteiger partial charge is 0.338 e. The average Bonchev–Trinajstić information content (AvgIpc) is 3.45. The van der Waals surface area contributed by atoms with Crippen molar-refractivity contribution in [3.05, 3.63) is 63.5 Å². The van der Waals surface area contributed by atoms with Crippen LogP contribution in [0.25, 0.3) is 0 Å². The minimum atomic E-state index is -0.521. The van der Waals surface area contributed by atoms with Gasteiger partial charge in [-0.1, -0.05) is 12.8 Å². The van der Waals surface area contributed by atoms with Crippen molar-refractivity contribution >= 4 is 33.5 Å². The van der Waals surface area contributed by atoms with Gasteiger partial charge in [-0.15, -0.1) is 0 Å². The number of anilines is 1. The minimum absolute atomic E-state index is 0.224. The van der Waals surface area contributed by atoms with E-state index >= 15 is 0 Å². The van der Waals surface area contributed by atoms with E-state index in [1.165, 1.54) is 6.20 Å². The zero-order valence-corrected chi connectivity index (χ0v) is 16.6. The molecule has 7 heteroatoms. The lowest BCUT2D eigenvalue weighted by atomic mass is 9.96. The number of pyridine rings is 1. The molecule has 3 rings (SSSR count). The quantitative estimate of drug-likeness (QED) is 0.409. The van der Waals surface area contributed by atoms with Crippen molar-refractivity contribution in [3.8, 4) is 0 Å². The van der Waals surface area contributed by atoms with E-state index in [1.54, 1.807) is 43.3 Å². The van der Waals surface area contributed by atoms with Gasteiger partial charge in [0.1, 0.15) is 5.92 Å². The van der Waals surface area contributed by atoms with Gasteiger partial charge in [-0.3, -0.25) is 4.79 Å². The van der Waals surface area contributed by atoms with Crippen molar-refractivity contribution in [2.24, 2.45) is 5.92 Å². The predicted octanol–water partition coefficient (Wildman–Crippen LogP) is 3.78. The van der Waals surface area contributed by atoms with Gasteiger partial charge < -0.3 is 15.3 Å². The summed E-state index contributed by atoms with van der Waals surface area (Å²) in [6.45, 7) is 2.06. The SMILES string of the molecule is CCOC(=O)c1ccc(NC(=O)C(CC2CC2)c2ccc(Br)c[n+]2[O-])cc1. The standard InChI is InChI=1S/C20H21BrN2O4/c1-2-27-20(25)14-5-8-16(9-6-14)22-19(24)17(11-13-3-4-13)18-10-7-15(21)12-23(18)26/h5-10,12-13,17H,2-4,11H2,1H3,(H,22,24). The third-order valence-electron chi connectivity index (χ3n) is 4.51. The zero-order chi connectivity index (χ0) is 19.4. The minimum Gasteiger partial charge on any atom is -0.618 e. The second kappa shape index (κ2) is 8.52. The van der Waals surface area contributed by atoms with Gasteiger partial charge in [-0.05, 0) is 65.5 Å². The Balaban J connectivity index is 1.75. The first-order chi connectivity index (χ1) is 13.0. The molecule has 0 radical (unpaired) electrons. The first-order valence-corrected chi connectivity index (χ1v) is 9.74. The summed E-state index contributed by atoms with van der Waals surface area (Å²) in [7, 11) is 0. The summed E-state index contributed by atoms with van der Waals surface area (Å²) in [6, 6.07) is 9.99. The van der Waals surface area contributed by atoms with Crippen LogP contribution in [0.3, 0.4) is 0 Å². The molecule has 0 bridgehead atoms. The molecule has 2 aromatic rings. The van der Waals surface area contributed by atoms with Crippen LogP contribution in [0.15, 0.2) is 47.1 Å². The Morgan fingerprint density at radius 2 is 1.96 bits per heavy atom. The third-order valence-corrected chi connectivity index (χ3v) is 4.98. The molecule has 1 amide bonds. The Morgan fingerprint density at radius 3 is 2.56 bits per heavy atom. The highest BCUT2D eigenvalue weighted by Crippen LogP contribution is 2.38. The number of carbonyl (C=O) groups excluding carboxylic acids is 2. The highest BCUT2D eigenvalue weighted by Gasteiger charge is 2.34. The molecular weight excluding hydrogens is 412 g/mol. The Morgan fingerprint density at radius 1 is 1.26 bits per heavy atom. The zero-order valence-electron chi connectivity index (χ0n) is 15.0. The monoisotopic (exact) mass is 432 g/mol. The molecule has 1 N–H and O–H groups in total. The summed E-state index contributed by atoms with van der Waals surface area (Å²) in [5, 5.41) is 15.1. The van der Waals surface area contributed by atoms with E-state index in [0.717, 1.165) is 17.6 Å². The largest absolute Gasteiger partial charge is 0.618 e. The molecule has 1 heterocycles. The number of ether oxygens (including phenoxy) is 1. The molecule has 1 unspecified atom stereocenters. The number of nitrogens with zero attached hydrogens (tertiary/aromatic N) is 1. The lowest BCUT2D eigenvalue weighted by Gasteiger charge is -2.16. The fourth-order valence-electron chi connectivity index (χ4n) is 2.92. The normalized spacial score (nSPS) is 14.4. The van der Waals surface area contributed by atoms with Crippen LogP contribution in [-0.4, -0.2) is 18.5 Å². The maximum absolute atomic E-state index is 12.9. The first kappa shape index (κ1) is 19.4. The molecule has 0 saturated heterocycles. The van der Waals surface area contributed by atoms with Crippen LogP contribution in [0.4, 0.5) is 5.69 Å². The van der Waals surface area contributed by atoms with Crippen molar-refractivity contribution in [1.29, 1.82) is 0 Å². The predicted molar refractivity (Wildman–Crippen MR) is 104 cm³/mol. The molecule has 1 aromatic heterocycles. The Labute approximate surface area is 166 Å². The van der Waals surface area contributed by atoms with Crippen LogP contribution in [0.1, 0.15) is 48.2 Å². The summed E-state index contributed by atoms with van der Waals surface area (Å²) in [5.41, 5.74) is 1.43. The van der Waals surface area contributed by atoms with Gasteiger partial charge in [0, 0.05) is 11.8 Å². The number of nitrogens with one attached hydrogen (secondary N) is 1. The number of aromatic nitrogens is 1. The number of carbonyl (C=O) groups is 2. The third kappa shape index (κ3) is 5.07. The van der Waals surface area contributed by atoms with Crippen molar-refractivity contribution in [2.45, 2.75) is 32.1 Å². The maximum atomic E-state index is 12.9. The topological polar surface area (TPSA) is 82.3 Å². The van der Waals surface area contributed by atoms with E-state index < -0.39 is 11.9 Å². The van der Waals surface area contributed by atoms with Gasteiger partial charge in [0.25, 0.3) is 0 Å². The van der Waals surface area contributed by atoms with Crippen molar-refractivity contribution in [1.82, 2.24) is 0 Å². The van der Waals surface area contributed by atoms with E-state index in [4.69, 9.17) is 4.74 Å². The van der Waals surface area contributed by atoms with Gasteiger partial charge in [-0.25, -0.2) is 4.79 Å². The van der Waals surface area contributed by atoms with Crippen molar-refractivity contribution < 1.29 is 19.1 Å². The maximum Gasteiger partial charge on any atom is 0.338 e. The van der Waals surface area contributed by atoms with Gasteiger partial charge in [-0.2, -0.15) is 4.73 Å². The molecule has 1 aliphatic carbocycles. The van der Waals surface area contributed by atoms with Crippen LogP contribution < -0.4 is 10.0 Å². The number of hydrogen-bond donors (Lipinski definition) is 1. The second-order valence-corrected chi connectivity index (χ2v) is 7.53. The number of hydrogen-bond acceptors (Lipinski definition) is 4. The van der Waals surface area contributed by atoms with Crippen LogP contribution in [0.2, 0.25) is 0 Å². The van der Waals surface area contributed by atoms with Crippen LogP contribution in [0.5, 0.6) is 0 Å². The van der Waals surface area contributed by atoms with E-state index in [1.807, 2.05) is 0 Å². The molecule has 1 aliphatic rings. The first-order valence-electron chi connectivity index (χ1n) is 8.94. The van der Waals surface area contributed by atoms with E-state index in [0.29, 0.717) is 40.4 Å². The van der Waals surface area contributed by atoms with Crippen molar-refractivity contribution in [3.63, 3.8) is 0 Å². The molecule has 0 spiro atoms. The van der Waals surface area contributed by atoms with Gasteiger partial charge in [0.05, 0.1) is 16.6 Å². The summed E-state index contributed by atoms with van der Waals surface area (Å²) < 4.78 is 6.37. The second-order valence-electron chi connectivity index (χ2n) is 6.62. The van der Waals surface area contributed by atoms with Crippen LogP contribution in [-0.2, 0) is 9.53 Å². The van der Waals surface area contributed by atoms with E-state index in [2.05, 4.69) is 21.2 Å². The molecule has 27 heavy (non-hydrogen) atoms. The lowest BCUT2D eigenvalue weighted by molar-refractivity contribution is -0.615. The van der Waals surface area contributed by atoms with Crippen LogP contribution in [0, 0.1) is 11.1 Å². The number of halogens is 1. The molecule has 142 valence electrons. The Hall–Kier alpha value is -2.41. The molecule has 1 fully saturated rings. The fourth-order valence-corrected chi connectivity index (χ4v) is 3.24. The number of benzene rings is 1. The highest BCUT2D eigenvalue weighted by molar-refractivity contribution is 9.10. The van der Waals surface area contributed by atoms with E-state index in [9.17, 15) is 14.8 Å². The summed E-state index contributed by atoms with van der Waals surface area (Å²) in [6.07, 6.45) is 4.24. The fraction of sp³-hybridized carbons (Fsp3) is 0.350. The molecule has 1 atom stereocenters. The number of amides is 1. The molecule has 1 saturated carbocycles. The Kier molecular flexibility index (Phi) is 6.11. The molecular formula is C20H21BrN2O4. The highest BCUT2D eigenvalue weighted by atomic mass is 79.9. The van der Waals surface area contributed by atoms with Crippen molar-refractivity contribution in [2.75, 3.05) is 11.9 Å². The van der Waals surface area contributed by atoms with E-state index in [-0.39, 0.29) is 5.91 Å².